The first-order chi connectivity index (χ1) is 9.24. The minimum Gasteiger partial charge on any atom is -0.357 e. The van der Waals surface area contributed by atoms with Gasteiger partial charge < -0.3 is 9.47 Å². The van der Waals surface area contributed by atoms with Crippen LogP contribution in [0.5, 0.6) is 0 Å². The molecule has 0 unspecified atom stereocenters. The highest BCUT2D eigenvalue weighted by atomic mass is 15.3. The number of aromatic nitrogens is 4. The van der Waals surface area contributed by atoms with Crippen LogP contribution in [-0.2, 0) is 7.05 Å². The van der Waals surface area contributed by atoms with Crippen LogP contribution in [0.2, 0.25) is 0 Å². The van der Waals surface area contributed by atoms with Crippen molar-refractivity contribution >= 4 is 5.82 Å². The molecule has 5 nitrogen and oxygen atoms in total. The summed E-state index contributed by atoms with van der Waals surface area (Å²) >= 11 is 0. The molecule has 1 aliphatic heterocycles. The summed E-state index contributed by atoms with van der Waals surface area (Å²) < 4.78 is 2.03. The predicted octanol–water partition coefficient (Wildman–Crippen LogP) is 1.90. The second kappa shape index (κ2) is 4.99. The fourth-order valence-corrected chi connectivity index (χ4v) is 2.73. The fourth-order valence-electron chi connectivity index (χ4n) is 2.73. The molecule has 3 rings (SSSR count). The van der Waals surface area contributed by atoms with Crippen LogP contribution in [0, 0.1) is 6.92 Å². The largest absolute Gasteiger partial charge is 0.357 e. The lowest BCUT2D eigenvalue weighted by atomic mass is 9.96. The highest BCUT2D eigenvalue weighted by molar-refractivity contribution is 5.39. The summed E-state index contributed by atoms with van der Waals surface area (Å²) in [5, 5.41) is 8.20. The first-order valence-corrected chi connectivity index (χ1v) is 6.76. The molecule has 3 heterocycles. The van der Waals surface area contributed by atoms with Crippen molar-refractivity contribution in [2.24, 2.45) is 7.05 Å². The van der Waals surface area contributed by atoms with E-state index in [0.717, 1.165) is 43.3 Å². The molecule has 0 radical (unpaired) electrons. The average Bonchev–Trinajstić information content (AvgIpc) is 2.85. The van der Waals surface area contributed by atoms with Crippen LogP contribution in [0.3, 0.4) is 0 Å². The van der Waals surface area contributed by atoms with Crippen molar-refractivity contribution in [3.8, 4) is 0 Å². The molecule has 100 valence electrons. The number of aryl methyl sites for hydroxylation is 2. The van der Waals surface area contributed by atoms with E-state index in [1.165, 1.54) is 0 Å². The number of nitrogens with zero attached hydrogens (tertiary/aromatic N) is 5. The SMILES string of the molecule is Cc1cccc(N2CCC(c3nncn3C)CC2)n1. The van der Waals surface area contributed by atoms with Gasteiger partial charge in [-0.2, -0.15) is 0 Å². The van der Waals surface area contributed by atoms with E-state index in [-0.39, 0.29) is 0 Å². The maximum atomic E-state index is 4.59. The lowest BCUT2D eigenvalue weighted by molar-refractivity contribution is 0.472. The van der Waals surface area contributed by atoms with Gasteiger partial charge in [-0.25, -0.2) is 4.98 Å². The third-order valence-electron chi connectivity index (χ3n) is 3.80. The molecule has 2 aromatic heterocycles. The highest BCUT2D eigenvalue weighted by Gasteiger charge is 2.24. The molecular weight excluding hydrogens is 238 g/mol. The van der Waals surface area contributed by atoms with E-state index in [1.807, 2.05) is 24.6 Å². The molecule has 0 atom stereocenters. The molecule has 0 amide bonds. The van der Waals surface area contributed by atoms with E-state index in [1.54, 1.807) is 6.33 Å². The Morgan fingerprint density at radius 2 is 2.00 bits per heavy atom. The number of pyridine rings is 1. The maximum absolute atomic E-state index is 4.59. The molecule has 19 heavy (non-hydrogen) atoms. The van der Waals surface area contributed by atoms with Crippen molar-refractivity contribution in [2.75, 3.05) is 18.0 Å². The van der Waals surface area contributed by atoms with E-state index >= 15 is 0 Å². The standard InChI is InChI=1S/C14H19N5/c1-11-4-3-5-13(16-11)19-8-6-12(7-9-19)14-17-15-10-18(14)2/h3-5,10,12H,6-9H2,1-2H3. The van der Waals surface area contributed by atoms with E-state index in [0.29, 0.717) is 5.92 Å². The van der Waals surface area contributed by atoms with E-state index in [2.05, 4.69) is 32.2 Å². The second-order valence-corrected chi connectivity index (χ2v) is 5.20. The van der Waals surface area contributed by atoms with Crippen molar-refractivity contribution < 1.29 is 0 Å². The minimum atomic E-state index is 0.522. The number of hydrogen-bond acceptors (Lipinski definition) is 4. The van der Waals surface area contributed by atoms with Crippen LogP contribution in [0.25, 0.3) is 0 Å². The third-order valence-corrected chi connectivity index (χ3v) is 3.80. The summed E-state index contributed by atoms with van der Waals surface area (Å²) in [6.45, 7) is 4.11. The number of rotatable bonds is 2. The lowest BCUT2D eigenvalue weighted by Gasteiger charge is -2.32. The van der Waals surface area contributed by atoms with Crippen molar-refractivity contribution in [1.29, 1.82) is 0 Å². The number of anilines is 1. The van der Waals surface area contributed by atoms with Gasteiger partial charge in [-0.15, -0.1) is 10.2 Å². The van der Waals surface area contributed by atoms with Gasteiger partial charge in [0.1, 0.15) is 18.0 Å². The maximum Gasteiger partial charge on any atom is 0.135 e. The highest BCUT2D eigenvalue weighted by Crippen LogP contribution is 2.28. The van der Waals surface area contributed by atoms with Crippen LogP contribution in [0.4, 0.5) is 5.82 Å². The monoisotopic (exact) mass is 257 g/mol. The molecule has 2 aromatic rings. The summed E-state index contributed by atoms with van der Waals surface area (Å²) in [4.78, 5) is 6.96. The van der Waals surface area contributed by atoms with Crippen LogP contribution in [0.15, 0.2) is 24.5 Å². The van der Waals surface area contributed by atoms with Gasteiger partial charge in [0.15, 0.2) is 0 Å². The van der Waals surface area contributed by atoms with Crippen LogP contribution in [0.1, 0.15) is 30.3 Å². The predicted molar refractivity (Wildman–Crippen MR) is 74.2 cm³/mol. The third kappa shape index (κ3) is 2.45. The van der Waals surface area contributed by atoms with Gasteiger partial charge in [0.25, 0.3) is 0 Å². The topological polar surface area (TPSA) is 46.8 Å². The molecule has 0 N–H and O–H groups in total. The zero-order valence-electron chi connectivity index (χ0n) is 11.5. The minimum absolute atomic E-state index is 0.522. The van der Waals surface area contributed by atoms with Crippen LogP contribution in [-0.4, -0.2) is 32.8 Å². The molecule has 0 saturated carbocycles. The lowest BCUT2D eigenvalue weighted by Crippen LogP contribution is -2.34. The molecule has 1 aliphatic rings. The van der Waals surface area contributed by atoms with Crippen molar-refractivity contribution in [3.63, 3.8) is 0 Å². The van der Waals surface area contributed by atoms with Gasteiger partial charge >= 0.3 is 0 Å². The Kier molecular flexibility index (Phi) is 3.19. The van der Waals surface area contributed by atoms with Gasteiger partial charge in [0.2, 0.25) is 0 Å². The first kappa shape index (κ1) is 12.1. The Balaban J connectivity index is 1.68. The average molecular weight is 257 g/mol. The zero-order valence-corrected chi connectivity index (χ0v) is 11.5. The molecule has 1 fully saturated rings. The van der Waals surface area contributed by atoms with Crippen molar-refractivity contribution in [3.05, 3.63) is 36.0 Å². The summed E-state index contributed by atoms with van der Waals surface area (Å²) in [6.07, 6.45) is 4.01. The number of hydrogen-bond donors (Lipinski definition) is 0. The Labute approximate surface area is 113 Å². The van der Waals surface area contributed by atoms with Crippen LogP contribution >= 0.6 is 0 Å². The molecule has 1 saturated heterocycles. The van der Waals surface area contributed by atoms with E-state index in [4.69, 9.17) is 0 Å². The quantitative estimate of drug-likeness (QED) is 0.824. The van der Waals surface area contributed by atoms with Gasteiger partial charge in [-0.05, 0) is 31.9 Å². The summed E-state index contributed by atoms with van der Waals surface area (Å²) in [5.41, 5.74) is 1.08. The molecular formula is C14H19N5. The van der Waals surface area contributed by atoms with Gasteiger partial charge in [-0.3, -0.25) is 0 Å². The van der Waals surface area contributed by atoms with Crippen LogP contribution < -0.4 is 4.90 Å². The Morgan fingerprint density at radius 3 is 2.63 bits per heavy atom. The summed E-state index contributed by atoms with van der Waals surface area (Å²) in [6, 6.07) is 6.21. The molecule has 0 aromatic carbocycles. The Hall–Kier alpha value is -1.91. The van der Waals surface area contributed by atoms with Crippen molar-refractivity contribution in [1.82, 2.24) is 19.7 Å². The van der Waals surface area contributed by atoms with Gasteiger partial charge in [0, 0.05) is 31.7 Å². The second-order valence-electron chi connectivity index (χ2n) is 5.20. The molecule has 0 spiro atoms. The first-order valence-electron chi connectivity index (χ1n) is 6.76. The Bertz CT molecular complexity index is 554. The van der Waals surface area contributed by atoms with Crippen molar-refractivity contribution in [2.45, 2.75) is 25.7 Å². The normalized spacial score (nSPS) is 16.8. The zero-order chi connectivity index (χ0) is 13.2. The molecule has 5 heteroatoms. The van der Waals surface area contributed by atoms with E-state index in [9.17, 15) is 0 Å². The molecule has 0 bridgehead atoms. The van der Waals surface area contributed by atoms with Gasteiger partial charge in [-0.1, -0.05) is 6.07 Å². The smallest absolute Gasteiger partial charge is 0.135 e. The number of piperidine rings is 1. The summed E-state index contributed by atoms with van der Waals surface area (Å²) in [7, 11) is 2.02. The summed E-state index contributed by atoms with van der Waals surface area (Å²) in [5.74, 6) is 2.72. The molecule has 0 aliphatic carbocycles. The van der Waals surface area contributed by atoms with E-state index < -0.39 is 0 Å². The Morgan fingerprint density at radius 1 is 1.21 bits per heavy atom. The fraction of sp³-hybridized carbons (Fsp3) is 0.500. The van der Waals surface area contributed by atoms with Gasteiger partial charge in [0.05, 0.1) is 0 Å².